The Bertz CT molecular complexity index is 850. The van der Waals surface area contributed by atoms with Crippen molar-refractivity contribution in [3.8, 4) is 0 Å². The molecule has 0 radical (unpaired) electrons. The normalized spacial score (nSPS) is 57.6. The summed E-state index contributed by atoms with van der Waals surface area (Å²) in [5.41, 5.74) is -1.11. The molecule has 7 aliphatic rings. The first-order valence-electron chi connectivity index (χ1n) is 10.4. The molecule has 28 heavy (non-hydrogen) atoms. The van der Waals surface area contributed by atoms with Crippen molar-refractivity contribution in [2.24, 2.45) is 58.2 Å². The van der Waals surface area contributed by atoms with E-state index in [2.05, 4.69) is 0 Å². The number of rotatable bonds is 0. The van der Waals surface area contributed by atoms with Crippen molar-refractivity contribution in [3.63, 3.8) is 0 Å². The zero-order chi connectivity index (χ0) is 19.2. The minimum absolute atomic E-state index is 0.0532. The van der Waals surface area contributed by atoms with Gasteiger partial charge in [0.25, 0.3) is 0 Å². The molecule has 0 N–H and O–H groups in total. The molecule has 7 nitrogen and oxygen atoms in total. The van der Waals surface area contributed by atoms with Crippen molar-refractivity contribution in [1.82, 2.24) is 0 Å². The third-order valence-electron chi connectivity index (χ3n) is 9.85. The number of fused-ring (bicyclic) bond motifs is 12. The summed E-state index contributed by atoms with van der Waals surface area (Å²) in [4.78, 5) is 62.8. The van der Waals surface area contributed by atoms with Gasteiger partial charge in [-0.15, -0.1) is 0 Å². The molecule has 0 unspecified atom stereocenters. The second-order valence-corrected chi connectivity index (χ2v) is 10.3. The van der Waals surface area contributed by atoms with E-state index in [9.17, 15) is 24.0 Å². The van der Waals surface area contributed by atoms with Crippen LogP contribution in [0.5, 0.6) is 0 Å². The zero-order valence-corrected chi connectivity index (χ0v) is 15.2. The minimum atomic E-state index is -0.554. The van der Waals surface area contributed by atoms with E-state index < -0.39 is 46.5 Å². The molecule has 10 atom stereocenters. The molecule has 2 spiro atoms. The van der Waals surface area contributed by atoms with Crippen molar-refractivity contribution in [3.05, 3.63) is 0 Å². The van der Waals surface area contributed by atoms with Crippen LogP contribution in [0, 0.1) is 58.2 Å². The number of carbonyl (C=O) groups is 5. The lowest BCUT2D eigenvalue weighted by molar-refractivity contribution is -0.156. The fourth-order valence-corrected chi connectivity index (χ4v) is 9.16. The predicted octanol–water partition coefficient (Wildman–Crippen LogP) is 1.03. The van der Waals surface area contributed by atoms with Crippen molar-refractivity contribution < 1.29 is 33.4 Å². The average molecular weight is 384 g/mol. The highest BCUT2D eigenvalue weighted by atomic mass is 16.6. The van der Waals surface area contributed by atoms with Crippen LogP contribution in [0.25, 0.3) is 0 Å². The van der Waals surface area contributed by atoms with Crippen LogP contribution in [-0.4, -0.2) is 29.7 Å². The number of ketones is 1. The molecule has 0 aromatic carbocycles. The van der Waals surface area contributed by atoms with E-state index in [1.807, 2.05) is 0 Å². The van der Waals surface area contributed by atoms with Gasteiger partial charge in [-0.3, -0.25) is 24.0 Å². The van der Waals surface area contributed by atoms with Crippen LogP contribution in [0.15, 0.2) is 0 Å². The van der Waals surface area contributed by atoms with Crippen molar-refractivity contribution >= 4 is 29.7 Å². The van der Waals surface area contributed by atoms with Crippen molar-refractivity contribution in [2.45, 2.75) is 38.5 Å². The number of carbonyl (C=O) groups excluding carboxylic acids is 5. The molecule has 7 fully saturated rings. The minimum Gasteiger partial charge on any atom is -0.393 e. The molecule has 7 rings (SSSR count). The Balaban J connectivity index is 1.27. The predicted molar refractivity (Wildman–Crippen MR) is 87.7 cm³/mol. The summed E-state index contributed by atoms with van der Waals surface area (Å²) in [6.45, 7) is 0. The molecule has 7 heteroatoms. The maximum absolute atomic E-state index is 14.0. The molecule has 4 bridgehead atoms. The number of cyclic esters (lactones) is 4. The van der Waals surface area contributed by atoms with Gasteiger partial charge in [0.05, 0.1) is 23.7 Å². The number of esters is 4. The number of ether oxygens (including phenoxy) is 2. The smallest absolute Gasteiger partial charge is 0.317 e. The number of hydrogen-bond donors (Lipinski definition) is 0. The van der Waals surface area contributed by atoms with Gasteiger partial charge >= 0.3 is 23.9 Å². The molecule has 0 aromatic heterocycles. The summed E-state index contributed by atoms with van der Waals surface area (Å²) >= 11 is 0. The van der Waals surface area contributed by atoms with Gasteiger partial charge in [0, 0.05) is 10.8 Å². The second kappa shape index (κ2) is 4.41. The van der Waals surface area contributed by atoms with Crippen LogP contribution in [0.3, 0.4) is 0 Å². The molecule has 146 valence electrons. The second-order valence-electron chi connectivity index (χ2n) is 10.3. The van der Waals surface area contributed by atoms with E-state index in [4.69, 9.17) is 9.47 Å². The first kappa shape index (κ1) is 15.8. The lowest BCUT2D eigenvalue weighted by Gasteiger charge is -2.41. The molecule has 0 amide bonds. The Morgan fingerprint density at radius 1 is 0.607 bits per heavy atom. The van der Waals surface area contributed by atoms with Gasteiger partial charge in [0.15, 0.2) is 0 Å². The van der Waals surface area contributed by atoms with Crippen LogP contribution < -0.4 is 0 Å². The van der Waals surface area contributed by atoms with Crippen LogP contribution in [0.4, 0.5) is 0 Å². The van der Waals surface area contributed by atoms with Crippen molar-refractivity contribution in [2.75, 3.05) is 0 Å². The van der Waals surface area contributed by atoms with Gasteiger partial charge in [-0.2, -0.15) is 0 Å². The maximum atomic E-state index is 14.0. The standard InChI is InChI=1S/C21H20O7/c22-15-11-7-3-9(13(11)17(24)27-15)20(5-7)1-2-21(19(20)26)6-8-4-10(21)14-12(8)16(23)28-18(14)25/h7-14H,1-6H2/t7-,8+,9-,10+,11-,12+,13+,14-,20-,21+. The van der Waals surface area contributed by atoms with Gasteiger partial charge in [-0.05, 0) is 62.2 Å². The maximum Gasteiger partial charge on any atom is 0.317 e. The first-order chi connectivity index (χ1) is 13.4. The highest BCUT2D eigenvalue weighted by Gasteiger charge is 2.78. The average Bonchev–Trinajstić information content (AvgIpc) is 3.46. The molecule has 0 aromatic rings. The summed E-state index contributed by atoms with van der Waals surface area (Å²) in [5, 5.41) is 0. The monoisotopic (exact) mass is 384 g/mol. The fraction of sp³-hybridized carbons (Fsp3) is 0.762. The summed E-state index contributed by atoms with van der Waals surface area (Å²) in [6, 6.07) is 0. The summed E-state index contributed by atoms with van der Waals surface area (Å²) in [6.07, 6.45) is 4.27. The topological polar surface area (TPSA) is 104 Å². The quantitative estimate of drug-likeness (QED) is 0.454. The number of Topliss-reactive ketones (excluding diaryl/α,β-unsaturated/α-hetero) is 1. The summed E-state index contributed by atoms with van der Waals surface area (Å²) in [5.74, 6) is -3.28. The van der Waals surface area contributed by atoms with Gasteiger partial charge in [0.1, 0.15) is 5.78 Å². The van der Waals surface area contributed by atoms with E-state index in [1.54, 1.807) is 0 Å². The lowest BCUT2D eigenvalue weighted by atomic mass is 9.58. The highest BCUT2D eigenvalue weighted by molar-refractivity contribution is 6.02. The van der Waals surface area contributed by atoms with E-state index in [1.165, 1.54) is 0 Å². The van der Waals surface area contributed by atoms with E-state index in [0.29, 0.717) is 12.8 Å². The molecule has 5 saturated carbocycles. The highest BCUT2D eigenvalue weighted by Crippen LogP contribution is 2.75. The van der Waals surface area contributed by atoms with Gasteiger partial charge in [-0.1, -0.05) is 0 Å². The van der Waals surface area contributed by atoms with E-state index in [-0.39, 0.29) is 41.3 Å². The SMILES string of the molecule is O=C1OC(=O)[C@@H]2[C@H]1[C@@H]1C[C@H]2[C@@]2(CC[C@@]3(C[C@@H]4C[C@H]3[C@H]3C(=O)OC(=O)[C@@H]43)C2=O)C1. The molecule has 2 aliphatic heterocycles. The molecule has 2 saturated heterocycles. The number of hydrogen-bond acceptors (Lipinski definition) is 7. The zero-order valence-electron chi connectivity index (χ0n) is 15.2. The Hall–Kier alpha value is -2.05. The molecule has 5 aliphatic carbocycles. The fourth-order valence-electron chi connectivity index (χ4n) is 9.16. The summed E-state index contributed by atoms with van der Waals surface area (Å²) < 4.78 is 9.82. The van der Waals surface area contributed by atoms with Gasteiger partial charge < -0.3 is 9.47 Å². The third-order valence-corrected chi connectivity index (χ3v) is 9.85. The molecule has 2 heterocycles. The molecular formula is C21H20O7. The Morgan fingerprint density at radius 2 is 1.00 bits per heavy atom. The molecular weight excluding hydrogens is 364 g/mol. The van der Waals surface area contributed by atoms with Crippen LogP contribution in [0.2, 0.25) is 0 Å². The Labute approximate surface area is 160 Å². The van der Waals surface area contributed by atoms with Crippen LogP contribution in [-0.2, 0) is 33.4 Å². The summed E-state index contributed by atoms with van der Waals surface area (Å²) in [7, 11) is 0. The first-order valence-corrected chi connectivity index (χ1v) is 10.4. The third kappa shape index (κ3) is 1.40. The largest absolute Gasteiger partial charge is 0.393 e. The lowest BCUT2D eigenvalue weighted by Crippen LogP contribution is -2.48. The Morgan fingerprint density at radius 3 is 1.43 bits per heavy atom. The van der Waals surface area contributed by atoms with Crippen molar-refractivity contribution in [1.29, 1.82) is 0 Å². The van der Waals surface area contributed by atoms with E-state index >= 15 is 0 Å². The van der Waals surface area contributed by atoms with Gasteiger partial charge in [0.2, 0.25) is 0 Å². The van der Waals surface area contributed by atoms with Crippen LogP contribution in [0.1, 0.15) is 38.5 Å². The van der Waals surface area contributed by atoms with Crippen LogP contribution >= 0.6 is 0 Å². The van der Waals surface area contributed by atoms with Gasteiger partial charge in [-0.25, -0.2) is 0 Å². The Kier molecular flexibility index (Phi) is 2.49. The van der Waals surface area contributed by atoms with E-state index in [0.717, 1.165) is 25.7 Å².